The molecule has 11 heteroatoms. The molecule has 0 radical (unpaired) electrons. The van der Waals surface area contributed by atoms with Crippen LogP contribution in [0.1, 0.15) is 12.5 Å². The average molecular weight is 427 g/mol. The van der Waals surface area contributed by atoms with Crippen molar-refractivity contribution < 1.29 is 8.42 Å². The lowest BCUT2D eigenvalue weighted by atomic mass is 10.2. The highest BCUT2D eigenvalue weighted by molar-refractivity contribution is 9.10. The zero-order valence-corrected chi connectivity index (χ0v) is 15.6. The van der Waals surface area contributed by atoms with Gasteiger partial charge in [-0.1, -0.05) is 28.1 Å². The summed E-state index contributed by atoms with van der Waals surface area (Å²) in [4.78, 5) is 22.9. The molecule has 1 aromatic carbocycles. The van der Waals surface area contributed by atoms with Crippen LogP contribution < -0.4 is 16.1 Å². The van der Waals surface area contributed by atoms with E-state index in [-0.39, 0.29) is 35.2 Å². The third-order valence-electron chi connectivity index (χ3n) is 3.53. The van der Waals surface area contributed by atoms with Gasteiger partial charge < -0.3 is 10.7 Å². The molecule has 0 aliphatic heterocycles. The monoisotopic (exact) mass is 426 g/mol. The van der Waals surface area contributed by atoms with Gasteiger partial charge in [-0.15, -0.1) is 0 Å². The molecule has 0 atom stereocenters. The zero-order valence-electron chi connectivity index (χ0n) is 13.2. The molecule has 0 aliphatic carbocycles. The average Bonchev–Trinajstić information content (AvgIpc) is 2.86. The minimum atomic E-state index is -3.56. The first-order chi connectivity index (χ1) is 11.8. The first-order valence-electron chi connectivity index (χ1n) is 7.30. The van der Waals surface area contributed by atoms with Crippen LogP contribution in [0.5, 0.6) is 0 Å². The smallest absolute Gasteiger partial charge is 0.328 e. The molecule has 0 aliphatic rings. The van der Waals surface area contributed by atoms with Crippen LogP contribution in [0.4, 0.5) is 11.8 Å². The highest BCUT2D eigenvalue weighted by Gasteiger charge is 2.16. The number of hydrogen-bond acceptors (Lipinski definition) is 6. The van der Waals surface area contributed by atoms with Crippen molar-refractivity contribution in [2.45, 2.75) is 13.5 Å². The van der Waals surface area contributed by atoms with Gasteiger partial charge >= 0.3 is 5.69 Å². The molecule has 9 nitrogen and oxygen atoms in total. The fourth-order valence-corrected chi connectivity index (χ4v) is 3.01. The SMILES string of the molecule is CCS(=O)(=O)Nc1nc(N)c2[nH]c(=O)n(Cc3ccc(Br)cc3)c2n1. The van der Waals surface area contributed by atoms with Gasteiger partial charge in [-0.2, -0.15) is 9.97 Å². The first-order valence-corrected chi connectivity index (χ1v) is 9.74. The molecule has 0 amide bonds. The Morgan fingerprint density at radius 3 is 2.60 bits per heavy atom. The topological polar surface area (TPSA) is 136 Å². The second-order valence-corrected chi connectivity index (χ2v) is 8.21. The van der Waals surface area contributed by atoms with Crippen LogP contribution in [0.25, 0.3) is 11.2 Å². The predicted octanol–water partition coefficient (Wildman–Crippen LogP) is 1.27. The third-order valence-corrected chi connectivity index (χ3v) is 5.31. The minimum Gasteiger partial charge on any atom is -0.382 e. The predicted molar refractivity (Wildman–Crippen MR) is 98.9 cm³/mol. The van der Waals surface area contributed by atoms with Crippen molar-refractivity contribution in [3.63, 3.8) is 0 Å². The van der Waals surface area contributed by atoms with Crippen LogP contribution in [-0.4, -0.2) is 33.7 Å². The van der Waals surface area contributed by atoms with Crippen LogP contribution >= 0.6 is 15.9 Å². The number of sulfonamides is 1. The number of nitrogen functional groups attached to an aromatic ring is 1. The van der Waals surface area contributed by atoms with Gasteiger partial charge in [0.2, 0.25) is 16.0 Å². The van der Waals surface area contributed by atoms with Gasteiger partial charge in [0.25, 0.3) is 0 Å². The van der Waals surface area contributed by atoms with Crippen molar-refractivity contribution >= 4 is 48.9 Å². The van der Waals surface area contributed by atoms with E-state index in [2.05, 4.69) is 35.6 Å². The number of hydrogen-bond donors (Lipinski definition) is 3. The summed E-state index contributed by atoms with van der Waals surface area (Å²) in [7, 11) is -3.56. The molecule has 0 spiro atoms. The van der Waals surface area contributed by atoms with E-state index in [4.69, 9.17) is 5.73 Å². The normalized spacial score (nSPS) is 11.8. The number of rotatable bonds is 5. The molecule has 0 bridgehead atoms. The number of nitrogens with one attached hydrogen (secondary N) is 2. The summed E-state index contributed by atoms with van der Waals surface area (Å²) in [5.41, 5.74) is 6.80. The van der Waals surface area contributed by atoms with Crippen molar-refractivity contribution in [1.82, 2.24) is 19.5 Å². The molecule has 3 aromatic rings. The summed E-state index contributed by atoms with van der Waals surface area (Å²) in [6.45, 7) is 1.74. The lowest BCUT2D eigenvalue weighted by molar-refractivity contribution is 0.602. The molecular formula is C14H15BrN6O3S. The fraction of sp³-hybridized carbons (Fsp3) is 0.214. The molecule has 0 saturated heterocycles. The van der Waals surface area contributed by atoms with Crippen molar-refractivity contribution in [1.29, 1.82) is 0 Å². The lowest BCUT2D eigenvalue weighted by Crippen LogP contribution is -2.19. The quantitative estimate of drug-likeness (QED) is 0.561. The Kier molecular flexibility index (Phi) is 4.52. The van der Waals surface area contributed by atoms with Crippen LogP contribution in [-0.2, 0) is 16.6 Å². The van der Waals surface area contributed by atoms with E-state index in [0.717, 1.165) is 10.0 Å². The fourth-order valence-electron chi connectivity index (χ4n) is 2.23. The van der Waals surface area contributed by atoms with E-state index >= 15 is 0 Å². The van der Waals surface area contributed by atoms with Gasteiger partial charge in [0.15, 0.2) is 11.5 Å². The highest BCUT2D eigenvalue weighted by atomic mass is 79.9. The van der Waals surface area contributed by atoms with Crippen LogP contribution in [0, 0.1) is 0 Å². The Bertz CT molecular complexity index is 1090. The number of anilines is 2. The Hall–Kier alpha value is -2.40. The molecule has 2 heterocycles. The Morgan fingerprint density at radius 1 is 1.28 bits per heavy atom. The molecule has 0 fully saturated rings. The molecule has 0 unspecified atom stereocenters. The number of nitrogens with two attached hydrogens (primary N) is 1. The van der Waals surface area contributed by atoms with E-state index in [0.29, 0.717) is 0 Å². The standard InChI is InChI=1S/C14H15BrN6O3S/c1-2-25(23,24)20-13-18-11(16)10-12(19-13)21(14(22)17-10)7-8-3-5-9(15)6-4-8/h3-6H,2,7H2,1H3,(H,17,22)(H3,16,18,19,20). The summed E-state index contributed by atoms with van der Waals surface area (Å²) >= 11 is 3.35. The van der Waals surface area contributed by atoms with Crippen molar-refractivity contribution in [2.75, 3.05) is 16.2 Å². The Balaban J connectivity index is 2.09. The van der Waals surface area contributed by atoms with E-state index in [9.17, 15) is 13.2 Å². The van der Waals surface area contributed by atoms with Gasteiger partial charge in [0.1, 0.15) is 5.52 Å². The number of aromatic amines is 1. The number of nitrogens with zero attached hydrogens (tertiary/aromatic N) is 3. The first kappa shape index (κ1) is 17.4. The largest absolute Gasteiger partial charge is 0.382 e. The second-order valence-electron chi connectivity index (χ2n) is 5.28. The van der Waals surface area contributed by atoms with E-state index in [1.165, 1.54) is 11.5 Å². The van der Waals surface area contributed by atoms with E-state index in [1.807, 2.05) is 24.3 Å². The lowest BCUT2D eigenvalue weighted by Gasteiger charge is -2.07. The van der Waals surface area contributed by atoms with Gasteiger partial charge in [-0.3, -0.25) is 9.29 Å². The van der Waals surface area contributed by atoms with Crippen molar-refractivity contribution in [2.24, 2.45) is 0 Å². The maximum atomic E-state index is 12.3. The van der Waals surface area contributed by atoms with E-state index < -0.39 is 15.7 Å². The summed E-state index contributed by atoms with van der Waals surface area (Å²) < 4.78 is 28.0. The highest BCUT2D eigenvalue weighted by Crippen LogP contribution is 2.18. The number of fused-ring (bicyclic) bond motifs is 1. The number of H-pyrrole nitrogens is 1. The molecule has 2 aromatic heterocycles. The van der Waals surface area contributed by atoms with Crippen molar-refractivity contribution in [3.8, 4) is 0 Å². The molecule has 3 rings (SSSR count). The third kappa shape index (κ3) is 3.66. The van der Waals surface area contributed by atoms with Crippen LogP contribution in [0.15, 0.2) is 33.5 Å². The maximum absolute atomic E-state index is 12.3. The van der Waals surface area contributed by atoms with Crippen LogP contribution in [0.3, 0.4) is 0 Å². The Morgan fingerprint density at radius 2 is 1.96 bits per heavy atom. The summed E-state index contributed by atoms with van der Waals surface area (Å²) in [6.07, 6.45) is 0. The minimum absolute atomic E-state index is 0.00883. The van der Waals surface area contributed by atoms with Gasteiger partial charge in [0, 0.05) is 4.47 Å². The molecule has 4 N–H and O–H groups in total. The Labute approximate surface area is 151 Å². The number of halogens is 1. The van der Waals surface area contributed by atoms with Gasteiger partial charge in [0.05, 0.1) is 12.3 Å². The molecular weight excluding hydrogens is 412 g/mol. The zero-order chi connectivity index (χ0) is 18.2. The van der Waals surface area contributed by atoms with E-state index in [1.54, 1.807) is 0 Å². The molecule has 132 valence electrons. The van der Waals surface area contributed by atoms with Crippen molar-refractivity contribution in [3.05, 3.63) is 44.8 Å². The molecule has 25 heavy (non-hydrogen) atoms. The van der Waals surface area contributed by atoms with Gasteiger partial charge in [-0.05, 0) is 24.6 Å². The summed E-state index contributed by atoms with van der Waals surface area (Å²) in [5, 5.41) is 0. The molecule has 0 saturated carbocycles. The summed E-state index contributed by atoms with van der Waals surface area (Å²) in [6, 6.07) is 7.44. The maximum Gasteiger partial charge on any atom is 0.328 e. The van der Waals surface area contributed by atoms with Gasteiger partial charge in [-0.25, -0.2) is 13.2 Å². The number of benzene rings is 1. The van der Waals surface area contributed by atoms with Crippen LogP contribution in [0.2, 0.25) is 0 Å². The second kappa shape index (κ2) is 6.48. The number of imidazole rings is 1. The summed E-state index contributed by atoms with van der Waals surface area (Å²) in [5.74, 6) is -0.312. The number of aromatic nitrogens is 4.